The summed E-state index contributed by atoms with van der Waals surface area (Å²) in [5.41, 5.74) is 1.30. The highest BCUT2D eigenvalue weighted by Gasteiger charge is 2.25. The monoisotopic (exact) mass is 390 g/mol. The second-order valence-corrected chi connectivity index (χ2v) is 8.12. The molecule has 1 aliphatic heterocycles. The van der Waals surface area contributed by atoms with Gasteiger partial charge in [0.05, 0.1) is 11.5 Å². The van der Waals surface area contributed by atoms with Crippen molar-refractivity contribution in [2.45, 2.75) is 30.7 Å². The van der Waals surface area contributed by atoms with Crippen molar-refractivity contribution in [3.05, 3.63) is 54.1 Å². The Balaban J connectivity index is 1.54. The summed E-state index contributed by atoms with van der Waals surface area (Å²) < 4.78 is 33.9. The molecule has 0 amide bonds. The van der Waals surface area contributed by atoms with Crippen LogP contribution in [0.15, 0.2) is 53.4 Å². The van der Waals surface area contributed by atoms with Gasteiger partial charge in [-0.25, -0.2) is 13.6 Å². The third-order valence-corrected chi connectivity index (χ3v) is 5.67. The van der Waals surface area contributed by atoms with Crippen molar-refractivity contribution in [3.8, 4) is 11.5 Å². The molecule has 7 heteroatoms. The Kier molecular flexibility index (Phi) is 6.36. The molecule has 6 nitrogen and oxygen atoms in total. The van der Waals surface area contributed by atoms with E-state index in [1.54, 1.807) is 12.1 Å². The largest absolute Gasteiger partial charge is 0.494 e. The molecule has 0 spiro atoms. The predicted octanol–water partition coefficient (Wildman–Crippen LogP) is 2.95. The van der Waals surface area contributed by atoms with Crippen molar-refractivity contribution < 1.29 is 17.9 Å². The van der Waals surface area contributed by atoms with E-state index in [-0.39, 0.29) is 4.90 Å². The van der Waals surface area contributed by atoms with Gasteiger partial charge in [-0.2, -0.15) is 0 Å². The Hall–Kier alpha value is -2.09. The first kappa shape index (κ1) is 19.7. The molecule has 1 atom stereocenters. The molecule has 2 aromatic carbocycles. The first-order valence-corrected chi connectivity index (χ1v) is 10.7. The van der Waals surface area contributed by atoms with Gasteiger partial charge in [0.25, 0.3) is 0 Å². The second-order valence-electron chi connectivity index (χ2n) is 6.56. The number of hydrogen-bond acceptors (Lipinski definition) is 5. The van der Waals surface area contributed by atoms with E-state index in [1.165, 1.54) is 24.1 Å². The summed E-state index contributed by atoms with van der Waals surface area (Å²) in [4.78, 5) is 2.51. The van der Waals surface area contributed by atoms with Gasteiger partial charge >= 0.3 is 0 Å². The Morgan fingerprint density at radius 2 is 1.67 bits per heavy atom. The minimum atomic E-state index is -3.67. The van der Waals surface area contributed by atoms with Crippen LogP contribution in [0.4, 0.5) is 0 Å². The van der Waals surface area contributed by atoms with Gasteiger partial charge in [-0.1, -0.05) is 12.1 Å². The highest BCUT2D eigenvalue weighted by molar-refractivity contribution is 7.89. The topological polar surface area (TPSA) is 81.9 Å². The van der Waals surface area contributed by atoms with Gasteiger partial charge in [0.1, 0.15) is 18.1 Å². The van der Waals surface area contributed by atoms with Gasteiger partial charge in [-0.3, -0.25) is 4.90 Å². The maximum atomic E-state index is 11.3. The Morgan fingerprint density at radius 3 is 2.30 bits per heavy atom. The number of nitrogens with zero attached hydrogens (tertiary/aromatic N) is 1. The Morgan fingerprint density at radius 1 is 1.04 bits per heavy atom. The van der Waals surface area contributed by atoms with Crippen LogP contribution < -0.4 is 14.6 Å². The highest BCUT2D eigenvalue weighted by atomic mass is 32.2. The maximum Gasteiger partial charge on any atom is 0.238 e. The fourth-order valence-corrected chi connectivity index (χ4v) is 3.95. The molecule has 0 aliphatic carbocycles. The molecule has 3 rings (SSSR count). The van der Waals surface area contributed by atoms with Crippen LogP contribution in [0.1, 0.15) is 31.4 Å². The minimum absolute atomic E-state index is 0.0879. The van der Waals surface area contributed by atoms with E-state index in [1.807, 2.05) is 19.1 Å². The molecule has 1 fully saturated rings. The van der Waals surface area contributed by atoms with Gasteiger partial charge in [0.2, 0.25) is 10.0 Å². The van der Waals surface area contributed by atoms with Crippen molar-refractivity contribution in [3.63, 3.8) is 0 Å². The minimum Gasteiger partial charge on any atom is -0.494 e. The van der Waals surface area contributed by atoms with Crippen LogP contribution in [-0.4, -0.2) is 39.6 Å². The van der Waals surface area contributed by atoms with E-state index in [0.29, 0.717) is 25.0 Å². The van der Waals surface area contributed by atoms with Gasteiger partial charge in [-0.05, 0) is 68.3 Å². The summed E-state index contributed by atoms with van der Waals surface area (Å²) in [6.07, 6.45) is 2.30. The van der Waals surface area contributed by atoms with Crippen molar-refractivity contribution >= 4 is 10.0 Å². The van der Waals surface area contributed by atoms with Crippen LogP contribution in [0.25, 0.3) is 0 Å². The number of likely N-dealkylation sites (tertiary alicyclic amines) is 1. The van der Waals surface area contributed by atoms with Crippen LogP contribution >= 0.6 is 0 Å². The number of rotatable bonds is 8. The smallest absolute Gasteiger partial charge is 0.238 e. The molecule has 0 aromatic heterocycles. The molecule has 0 saturated carbocycles. The summed E-state index contributed by atoms with van der Waals surface area (Å²) in [6, 6.07) is 14.9. The first-order valence-electron chi connectivity index (χ1n) is 9.20. The summed E-state index contributed by atoms with van der Waals surface area (Å²) in [7, 11) is -3.67. The summed E-state index contributed by atoms with van der Waals surface area (Å²) in [5.74, 6) is 1.54. The van der Waals surface area contributed by atoms with Crippen molar-refractivity contribution in [1.82, 2.24) is 4.90 Å². The number of benzene rings is 2. The zero-order valence-electron chi connectivity index (χ0n) is 15.5. The highest BCUT2D eigenvalue weighted by Crippen LogP contribution is 2.32. The number of sulfonamides is 1. The molecule has 27 heavy (non-hydrogen) atoms. The van der Waals surface area contributed by atoms with Gasteiger partial charge in [0.15, 0.2) is 0 Å². The lowest BCUT2D eigenvalue weighted by Gasteiger charge is -2.25. The number of ether oxygens (including phenoxy) is 2. The van der Waals surface area contributed by atoms with Crippen LogP contribution in [-0.2, 0) is 10.0 Å². The Labute approximate surface area is 160 Å². The molecular formula is C20H26N2O4S. The van der Waals surface area contributed by atoms with E-state index in [2.05, 4.69) is 17.0 Å². The predicted molar refractivity (Wildman–Crippen MR) is 104 cm³/mol. The zero-order valence-corrected chi connectivity index (χ0v) is 16.3. The standard InChI is InChI=1S/C20H26N2O4S/c1-2-25-17-7-5-16(6-8-17)20-4-3-13-22(20)14-15-26-18-9-11-19(12-10-18)27(21,23)24/h5-12,20H,2-4,13-15H2,1H3,(H2,21,23,24). The molecule has 1 aliphatic rings. The fraction of sp³-hybridized carbons (Fsp3) is 0.400. The average molecular weight is 391 g/mol. The Bertz CT molecular complexity index is 835. The summed E-state index contributed by atoms with van der Waals surface area (Å²) in [5, 5.41) is 5.10. The van der Waals surface area contributed by atoms with Crippen LogP contribution in [0.5, 0.6) is 11.5 Å². The van der Waals surface area contributed by atoms with Gasteiger partial charge < -0.3 is 9.47 Å². The average Bonchev–Trinajstić information content (AvgIpc) is 3.11. The summed E-state index contributed by atoms with van der Waals surface area (Å²) >= 11 is 0. The number of hydrogen-bond donors (Lipinski definition) is 1. The van der Waals surface area contributed by atoms with E-state index in [9.17, 15) is 8.42 Å². The normalized spacial score (nSPS) is 17.8. The van der Waals surface area contributed by atoms with Crippen molar-refractivity contribution in [2.24, 2.45) is 5.14 Å². The van der Waals surface area contributed by atoms with E-state index in [0.717, 1.165) is 25.3 Å². The lowest BCUT2D eigenvalue weighted by atomic mass is 10.0. The van der Waals surface area contributed by atoms with Crippen molar-refractivity contribution in [2.75, 3.05) is 26.3 Å². The molecule has 1 heterocycles. The SMILES string of the molecule is CCOc1ccc(C2CCCN2CCOc2ccc(S(N)(=O)=O)cc2)cc1. The van der Waals surface area contributed by atoms with Crippen LogP contribution in [0.2, 0.25) is 0 Å². The van der Waals surface area contributed by atoms with Gasteiger partial charge in [0, 0.05) is 12.6 Å². The molecular weight excluding hydrogens is 364 g/mol. The third-order valence-electron chi connectivity index (χ3n) is 4.74. The van der Waals surface area contributed by atoms with E-state index >= 15 is 0 Å². The number of nitrogens with two attached hydrogens (primary N) is 1. The van der Waals surface area contributed by atoms with Crippen molar-refractivity contribution in [1.29, 1.82) is 0 Å². The quantitative estimate of drug-likeness (QED) is 0.749. The first-order chi connectivity index (χ1) is 13.0. The fourth-order valence-electron chi connectivity index (χ4n) is 3.43. The molecule has 0 bridgehead atoms. The van der Waals surface area contributed by atoms with E-state index < -0.39 is 10.0 Å². The molecule has 2 aromatic rings. The third kappa shape index (κ3) is 5.22. The zero-order chi connectivity index (χ0) is 19.3. The maximum absolute atomic E-state index is 11.3. The van der Waals surface area contributed by atoms with E-state index in [4.69, 9.17) is 14.6 Å². The van der Waals surface area contributed by atoms with Crippen LogP contribution in [0, 0.1) is 0 Å². The molecule has 1 unspecified atom stereocenters. The molecule has 1 saturated heterocycles. The van der Waals surface area contributed by atoms with Gasteiger partial charge in [-0.15, -0.1) is 0 Å². The molecule has 146 valence electrons. The summed E-state index contributed by atoms with van der Waals surface area (Å²) in [6.45, 7) is 5.06. The second kappa shape index (κ2) is 8.73. The van der Waals surface area contributed by atoms with Crippen LogP contribution in [0.3, 0.4) is 0 Å². The molecule has 0 radical (unpaired) electrons. The lowest BCUT2D eigenvalue weighted by molar-refractivity contribution is 0.197. The molecule has 2 N–H and O–H groups in total. The number of primary sulfonamides is 1. The lowest BCUT2D eigenvalue weighted by Crippen LogP contribution is -2.28.